The first kappa shape index (κ1) is 12.2. The minimum Gasteiger partial charge on any atom is -0.481 e. The van der Waals surface area contributed by atoms with E-state index in [0.717, 1.165) is 23.6 Å². The molecule has 92 valence electrons. The van der Waals surface area contributed by atoms with Crippen molar-refractivity contribution in [2.75, 3.05) is 12.9 Å². The Morgan fingerprint density at radius 1 is 1.59 bits per heavy atom. The number of hydrogen-bond acceptors (Lipinski definition) is 4. The smallest absolute Gasteiger partial charge is 0.303 e. The Morgan fingerprint density at radius 2 is 2.35 bits per heavy atom. The highest BCUT2D eigenvalue weighted by atomic mass is 32.2. The lowest BCUT2D eigenvalue weighted by molar-refractivity contribution is -0.138. The Kier molecular flexibility index (Phi) is 3.57. The molecule has 0 radical (unpaired) electrons. The first-order valence-corrected chi connectivity index (χ1v) is 6.48. The monoisotopic (exact) mass is 253 g/mol. The number of aromatic nitrogens is 1. The van der Waals surface area contributed by atoms with Crippen LogP contribution in [0.1, 0.15) is 19.3 Å². The number of hydrogen-bond donors (Lipinski definition) is 1. The largest absolute Gasteiger partial charge is 0.481 e. The molecular formula is C12H15NO3S. The maximum absolute atomic E-state index is 10.7. The summed E-state index contributed by atoms with van der Waals surface area (Å²) in [6.07, 6.45) is 2.29. The normalized spacial score (nSPS) is 16.5. The van der Waals surface area contributed by atoms with Gasteiger partial charge in [0.05, 0.1) is 13.5 Å². The zero-order valence-electron chi connectivity index (χ0n) is 9.68. The van der Waals surface area contributed by atoms with Crippen molar-refractivity contribution in [3.05, 3.63) is 18.2 Å². The highest BCUT2D eigenvalue weighted by molar-refractivity contribution is 7.99. The van der Waals surface area contributed by atoms with E-state index < -0.39 is 5.97 Å². The van der Waals surface area contributed by atoms with Crippen LogP contribution in [0.5, 0.6) is 5.88 Å². The lowest BCUT2D eigenvalue weighted by atomic mass is 10.1. The van der Waals surface area contributed by atoms with Crippen LogP contribution in [0.4, 0.5) is 0 Å². The summed E-state index contributed by atoms with van der Waals surface area (Å²) in [4.78, 5) is 15.0. The van der Waals surface area contributed by atoms with Gasteiger partial charge in [0.25, 0.3) is 0 Å². The number of rotatable bonds is 6. The molecule has 0 bridgehead atoms. The summed E-state index contributed by atoms with van der Waals surface area (Å²) in [5.41, 5.74) is 0.00125. The third-order valence-corrected chi connectivity index (χ3v) is 4.20. The van der Waals surface area contributed by atoms with E-state index in [9.17, 15) is 4.79 Å². The molecule has 1 N–H and O–H groups in total. The Hall–Kier alpha value is -1.23. The van der Waals surface area contributed by atoms with E-state index in [0.29, 0.717) is 5.88 Å². The van der Waals surface area contributed by atoms with Gasteiger partial charge in [-0.1, -0.05) is 6.07 Å². The first-order valence-electron chi connectivity index (χ1n) is 5.49. The van der Waals surface area contributed by atoms with Gasteiger partial charge in [-0.05, 0) is 24.3 Å². The molecular weight excluding hydrogens is 238 g/mol. The van der Waals surface area contributed by atoms with Crippen LogP contribution in [0.15, 0.2) is 23.2 Å². The van der Waals surface area contributed by atoms with Gasteiger partial charge in [-0.2, -0.15) is 0 Å². The van der Waals surface area contributed by atoms with Gasteiger partial charge in [0, 0.05) is 11.8 Å². The van der Waals surface area contributed by atoms with Crippen LogP contribution in [0.25, 0.3) is 0 Å². The van der Waals surface area contributed by atoms with E-state index in [1.807, 2.05) is 12.1 Å². The fourth-order valence-corrected chi connectivity index (χ4v) is 2.86. The van der Waals surface area contributed by atoms with Gasteiger partial charge in [-0.25, -0.2) is 4.98 Å². The number of thioether (sulfide) groups is 1. The van der Waals surface area contributed by atoms with Gasteiger partial charge in [0.1, 0.15) is 5.03 Å². The number of methoxy groups -OCH3 is 1. The summed E-state index contributed by atoms with van der Waals surface area (Å²) in [6, 6.07) is 5.61. The first-order chi connectivity index (χ1) is 8.13. The summed E-state index contributed by atoms with van der Waals surface area (Å²) in [5.74, 6) is 0.708. The molecule has 1 aliphatic rings. The van der Waals surface area contributed by atoms with Gasteiger partial charge in [0.15, 0.2) is 0 Å². The van der Waals surface area contributed by atoms with Gasteiger partial charge in [-0.15, -0.1) is 11.8 Å². The van der Waals surface area contributed by atoms with Crippen LogP contribution < -0.4 is 4.74 Å². The van der Waals surface area contributed by atoms with Crippen molar-refractivity contribution in [2.45, 2.75) is 24.3 Å². The second-order valence-corrected chi connectivity index (χ2v) is 5.37. The van der Waals surface area contributed by atoms with Gasteiger partial charge in [0.2, 0.25) is 5.88 Å². The van der Waals surface area contributed by atoms with E-state index in [2.05, 4.69) is 4.98 Å². The zero-order valence-corrected chi connectivity index (χ0v) is 10.5. The molecule has 1 aliphatic carbocycles. The number of ether oxygens (including phenoxy) is 1. The molecule has 4 nitrogen and oxygen atoms in total. The van der Waals surface area contributed by atoms with Crippen LogP contribution >= 0.6 is 11.8 Å². The summed E-state index contributed by atoms with van der Waals surface area (Å²) in [5, 5.41) is 9.71. The molecule has 0 spiro atoms. The standard InChI is InChI=1S/C12H15NO3S/c1-16-9-3-2-4-10(13-9)17-8-12(5-6-12)7-11(14)15/h2-4H,5-8H2,1H3,(H,14,15). The molecule has 1 fully saturated rings. The van der Waals surface area contributed by atoms with Crippen molar-refractivity contribution < 1.29 is 14.6 Å². The van der Waals surface area contributed by atoms with E-state index in [1.54, 1.807) is 24.9 Å². The van der Waals surface area contributed by atoms with Gasteiger partial charge < -0.3 is 9.84 Å². The average molecular weight is 253 g/mol. The Morgan fingerprint density at radius 3 is 2.94 bits per heavy atom. The number of carboxylic acids is 1. The van der Waals surface area contributed by atoms with E-state index in [1.165, 1.54) is 0 Å². The Labute approximate surface area is 104 Å². The summed E-state index contributed by atoms with van der Waals surface area (Å²) in [6.45, 7) is 0. The third kappa shape index (κ3) is 3.36. The van der Waals surface area contributed by atoms with Crippen molar-refractivity contribution in [3.63, 3.8) is 0 Å². The average Bonchev–Trinajstić information content (AvgIpc) is 3.06. The predicted molar refractivity (Wildman–Crippen MR) is 65.4 cm³/mol. The molecule has 17 heavy (non-hydrogen) atoms. The van der Waals surface area contributed by atoms with E-state index in [4.69, 9.17) is 9.84 Å². The molecule has 0 aromatic carbocycles. The minimum atomic E-state index is -0.707. The molecule has 1 saturated carbocycles. The van der Waals surface area contributed by atoms with Crippen molar-refractivity contribution in [2.24, 2.45) is 5.41 Å². The van der Waals surface area contributed by atoms with Gasteiger partial charge >= 0.3 is 5.97 Å². The molecule has 5 heteroatoms. The second-order valence-electron chi connectivity index (χ2n) is 4.38. The molecule has 2 rings (SSSR count). The van der Waals surface area contributed by atoms with Crippen molar-refractivity contribution in [1.82, 2.24) is 4.98 Å². The number of pyridine rings is 1. The molecule has 1 aromatic rings. The maximum Gasteiger partial charge on any atom is 0.303 e. The highest BCUT2D eigenvalue weighted by Crippen LogP contribution is 2.51. The fraction of sp³-hybridized carbons (Fsp3) is 0.500. The molecule has 0 atom stereocenters. The topological polar surface area (TPSA) is 59.4 Å². The Balaban J connectivity index is 1.91. The number of nitrogens with zero attached hydrogens (tertiary/aromatic N) is 1. The molecule has 0 aliphatic heterocycles. The van der Waals surface area contributed by atoms with Crippen LogP contribution in [0.2, 0.25) is 0 Å². The Bertz CT molecular complexity index is 418. The lowest BCUT2D eigenvalue weighted by Crippen LogP contribution is -2.11. The number of carbonyl (C=O) groups is 1. The second kappa shape index (κ2) is 4.96. The van der Waals surface area contributed by atoms with E-state index in [-0.39, 0.29) is 11.8 Å². The van der Waals surface area contributed by atoms with Crippen LogP contribution in [-0.2, 0) is 4.79 Å². The van der Waals surface area contributed by atoms with E-state index >= 15 is 0 Å². The SMILES string of the molecule is COc1cccc(SCC2(CC(=O)O)CC2)n1. The number of carboxylic acid groups (broad SMARTS) is 1. The van der Waals surface area contributed by atoms with Gasteiger partial charge in [-0.3, -0.25) is 4.79 Å². The van der Waals surface area contributed by atoms with Crippen molar-refractivity contribution in [1.29, 1.82) is 0 Å². The molecule has 0 unspecified atom stereocenters. The third-order valence-electron chi connectivity index (χ3n) is 2.92. The lowest BCUT2D eigenvalue weighted by Gasteiger charge is -2.11. The molecule has 0 saturated heterocycles. The van der Waals surface area contributed by atoms with Crippen molar-refractivity contribution in [3.8, 4) is 5.88 Å². The van der Waals surface area contributed by atoms with Crippen LogP contribution in [-0.4, -0.2) is 28.9 Å². The zero-order chi connectivity index (χ0) is 12.3. The molecule has 1 heterocycles. The molecule has 1 aromatic heterocycles. The number of aliphatic carboxylic acids is 1. The highest BCUT2D eigenvalue weighted by Gasteiger charge is 2.44. The molecule has 0 amide bonds. The van der Waals surface area contributed by atoms with Crippen molar-refractivity contribution >= 4 is 17.7 Å². The minimum absolute atomic E-state index is 0.00125. The maximum atomic E-state index is 10.7. The summed E-state index contributed by atoms with van der Waals surface area (Å²) >= 11 is 1.61. The quantitative estimate of drug-likeness (QED) is 0.789. The van der Waals surface area contributed by atoms with Crippen LogP contribution in [0, 0.1) is 5.41 Å². The predicted octanol–water partition coefficient (Wildman–Crippen LogP) is 2.44. The summed E-state index contributed by atoms with van der Waals surface area (Å²) in [7, 11) is 1.59. The fourth-order valence-electron chi connectivity index (χ4n) is 1.69. The summed E-state index contributed by atoms with van der Waals surface area (Å²) < 4.78 is 5.05. The van der Waals surface area contributed by atoms with Crippen LogP contribution in [0.3, 0.4) is 0 Å².